The number of aromatic nitrogens is 2. The van der Waals surface area contributed by atoms with Gasteiger partial charge in [0.15, 0.2) is 5.22 Å². The average molecular weight is 337 g/mol. The summed E-state index contributed by atoms with van der Waals surface area (Å²) in [6.45, 7) is 1.22. The quantitative estimate of drug-likeness (QED) is 0.793. The molecular weight excluding hydrogens is 328 g/mol. The fourth-order valence-electron chi connectivity index (χ4n) is 1.19. The van der Waals surface area contributed by atoms with Gasteiger partial charge in [-0.1, -0.05) is 11.3 Å². The fraction of sp³-hybridized carbons (Fsp3) is 0.222. The normalized spacial score (nSPS) is 11.5. The van der Waals surface area contributed by atoms with E-state index < -0.39 is 10.0 Å². The fourth-order valence-corrected chi connectivity index (χ4v) is 3.34. The van der Waals surface area contributed by atoms with Crippen LogP contribution in [0.4, 0.5) is 5.13 Å². The van der Waals surface area contributed by atoms with Crippen LogP contribution in [0.5, 0.6) is 0 Å². The average Bonchev–Trinajstić information content (AvgIpc) is 2.95. The van der Waals surface area contributed by atoms with E-state index in [9.17, 15) is 13.2 Å². The summed E-state index contributed by atoms with van der Waals surface area (Å²) in [5, 5.41) is 9.69. The van der Waals surface area contributed by atoms with Gasteiger partial charge in [-0.25, -0.2) is 13.1 Å². The number of nitrogens with one attached hydrogen (secondary N) is 2. The molecular formula is C9H9ClN4O4S2. The summed E-state index contributed by atoms with van der Waals surface area (Å²) in [6, 6.07) is 3.05. The lowest BCUT2D eigenvalue weighted by atomic mass is 10.5. The number of hydrogen-bond donors (Lipinski definition) is 2. The molecule has 0 fully saturated rings. The predicted molar refractivity (Wildman–Crippen MR) is 72.0 cm³/mol. The minimum absolute atomic E-state index is 0.0654. The molecule has 2 aromatic heterocycles. The van der Waals surface area contributed by atoms with Gasteiger partial charge in [-0.15, -0.1) is 10.2 Å². The number of furan rings is 1. The molecule has 20 heavy (non-hydrogen) atoms. The molecule has 0 aromatic carbocycles. The van der Waals surface area contributed by atoms with Crippen LogP contribution in [0.2, 0.25) is 5.22 Å². The zero-order chi connectivity index (χ0) is 14.8. The van der Waals surface area contributed by atoms with Crippen molar-refractivity contribution in [1.29, 1.82) is 0 Å². The minimum atomic E-state index is -3.82. The SMILES string of the molecule is CC(=O)Nc1nnc(S(=O)(=O)NCc2ccc(Cl)o2)s1. The number of carbonyl (C=O) groups excluding carboxylic acids is 1. The van der Waals surface area contributed by atoms with Gasteiger partial charge in [-0.3, -0.25) is 4.79 Å². The molecule has 108 valence electrons. The van der Waals surface area contributed by atoms with Crippen molar-refractivity contribution in [3.63, 3.8) is 0 Å². The number of amides is 1. The van der Waals surface area contributed by atoms with Crippen LogP contribution < -0.4 is 10.0 Å². The van der Waals surface area contributed by atoms with Crippen molar-refractivity contribution < 1.29 is 17.6 Å². The lowest BCUT2D eigenvalue weighted by Gasteiger charge is -2.00. The summed E-state index contributed by atoms with van der Waals surface area (Å²) >= 11 is 6.32. The van der Waals surface area contributed by atoms with Gasteiger partial charge in [0.25, 0.3) is 10.0 Å². The zero-order valence-corrected chi connectivity index (χ0v) is 12.5. The van der Waals surface area contributed by atoms with Gasteiger partial charge in [0.2, 0.25) is 15.4 Å². The first-order chi connectivity index (χ1) is 9.37. The Bertz CT molecular complexity index is 724. The highest BCUT2D eigenvalue weighted by Gasteiger charge is 2.20. The number of nitrogens with zero attached hydrogens (tertiary/aromatic N) is 2. The largest absolute Gasteiger partial charge is 0.448 e. The van der Waals surface area contributed by atoms with Crippen LogP contribution in [0, 0.1) is 0 Å². The van der Waals surface area contributed by atoms with Crippen molar-refractivity contribution in [3.8, 4) is 0 Å². The monoisotopic (exact) mass is 336 g/mol. The van der Waals surface area contributed by atoms with E-state index in [2.05, 4.69) is 20.2 Å². The molecule has 0 spiro atoms. The second-order valence-corrected chi connectivity index (χ2v) is 6.88. The first-order valence-corrected chi connectivity index (χ1v) is 7.89. The molecule has 0 saturated heterocycles. The van der Waals surface area contributed by atoms with E-state index in [0.29, 0.717) is 5.76 Å². The van der Waals surface area contributed by atoms with Gasteiger partial charge in [0.05, 0.1) is 6.54 Å². The van der Waals surface area contributed by atoms with Crippen LogP contribution in [0.3, 0.4) is 0 Å². The van der Waals surface area contributed by atoms with Crippen molar-refractivity contribution >= 4 is 44.0 Å². The molecule has 11 heteroatoms. The Balaban J connectivity index is 2.06. The lowest BCUT2D eigenvalue weighted by Crippen LogP contribution is -2.22. The Kier molecular flexibility index (Phi) is 4.38. The number of sulfonamides is 1. The Morgan fingerprint density at radius 3 is 2.80 bits per heavy atom. The molecule has 0 bridgehead atoms. The second-order valence-electron chi connectivity index (χ2n) is 3.58. The van der Waals surface area contributed by atoms with E-state index in [0.717, 1.165) is 11.3 Å². The summed E-state index contributed by atoms with van der Waals surface area (Å²) in [6.07, 6.45) is 0. The lowest BCUT2D eigenvalue weighted by molar-refractivity contribution is -0.114. The zero-order valence-electron chi connectivity index (χ0n) is 10.1. The first kappa shape index (κ1) is 14.9. The summed E-state index contributed by atoms with van der Waals surface area (Å²) in [5.41, 5.74) is 0. The van der Waals surface area contributed by atoms with Crippen LogP contribution in [0.25, 0.3) is 0 Å². The molecule has 0 atom stereocenters. The summed E-state index contributed by atoms with van der Waals surface area (Å²) in [4.78, 5) is 10.8. The van der Waals surface area contributed by atoms with E-state index in [1.54, 1.807) is 6.07 Å². The molecule has 0 saturated carbocycles. The molecule has 8 nitrogen and oxygen atoms in total. The van der Waals surface area contributed by atoms with E-state index >= 15 is 0 Å². The van der Waals surface area contributed by atoms with Crippen LogP contribution in [-0.4, -0.2) is 24.5 Å². The number of anilines is 1. The highest BCUT2D eigenvalue weighted by molar-refractivity contribution is 7.91. The highest BCUT2D eigenvalue weighted by atomic mass is 35.5. The molecule has 0 aliphatic carbocycles. The van der Waals surface area contributed by atoms with Crippen LogP contribution in [-0.2, 0) is 21.4 Å². The third kappa shape index (κ3) is 3.76. The summed E-state index contributed by atoms with van der Waals surface area (Å²) < 4.78 is 30.9. The Hall–Kier alpha value is -1.49. The van der Waals surface area contributed by atoms with E-state index in [1.807, 2.05) is 0 Å². The molecule has 2 heterocycles. The van der Waals surface area contributed by atoms with Crippen LogP contribution in [0.15, 0.2) is 20.9 Å². The third-order valence-electron chi connectivity index (χ3n) is 1.98. The first-order valence-electron chi connectivity index (χ1n) is 5.22. The topological polar surface area (TPSA) is 114 Å². The van der Waals surface area contributed by atoms with Crippen molar-refractivity contribution in [2.24, 2.45) is 0 Å². The van der Waals surface area contributed by atoms with E-state index in [1.165, 1.54) is 13.0 Å². The highest BCUT2D eigenvalue weighted by Crippen LogP contribution is 2.20. The molecule has 1 amide bonds. The minimum Gasteiger partial charge on any atom is -0.448 e. The van der Waals surface area contributed by atoms with Gasteiger partial charge >= 0.3 is 0 Å². The van der Waals surface area contributed by atoms with Crippen LogP contribution >= 0.6 is 22.9 Å². The summed E-state index contributed by atoms with van der Waals surface area (Å²) in [7, 11) is -3.82. The maximum absolute atomic E-state index is 11.9. The molecule has 0 aliphatic heterocycles. The van der Waals surface area contributed by atoms with Gasteiger partial charge in [0.1, 0.15) is 5.76 Å². The molecule has 2 N–H and O–H groups in total. The van der Waals surface area contributed by atoms with Gasteiger partial charge in [-0.05, 0) is 23.7 Å². The third-order valence-corrected chi connectivity index (χ3v) is 4.80. The standard InChI is InChI=1S/C9H9ClN4O4S2/c1-5(15)12-8-13-14-9(19-8)20(16,17)11-4-6-2-3-7(10)18-6/h2-3,11H,4H2,1H3,(H,12,13,15). The molecule has 0 aliphatic rings. The van der Waals surface area contributed by atoms with Crippen molar-refractivity contribution in [1.82, 2.24) is 14.9 Å². The van der Waals surface area contributed by atoms with Crippen LogP contribution in [0.1, 0.15) is 12.7 Å². The van der Waals surface area contributed by atoms with E-state index in [4.69, 9.17) is 16.0 Å². The van der Waals surface area contributed by atoms with E-state index in [-0.39, 0.29) is 27.1 Å². The Labute approximate surface area is 123 Å². The maximum atomic E-state index is 11.9. The second kappa shape index (κ2) is 5.87. The maximum Gasteiger partial charge on any atom is 0.270 e. The van der Waals surface area contributed by atoms with Crippen molar-refractivity contribution in [2.75, 3.05) is 5.32 Å². The number of halogens is 1. The van der Waals surface area contributed by atoms with Gasteiger partial charge in [-0.2, -0.15) is 0 Å². The van der Waals surface area contributed by atoms with Crippen molar-refractivity contribution in [3.05, 3.63) is 23.1 Å². The molecule has 0 unspecified atom stereocenters. The van der Waals surface area contributed by atoms with Gasteiger partial charge in [0, 0.05) is 6.92 Å². The molecule has 2 aromatic rings. The molecule has 2 rings (SSSR count). The Morgan fingerprint density at radius 2 is 2.20 bits per heavy atom. The summed E-state index contributed by atoms with van der Waals surface area (Å²) in [5.74, 6) is 0.00783. The van der Waals surface area contributed by atoms with Gasteiger partial charge < -0.3 is 9.73 Å². The number of rotatable bonds is 5. The predicted octanol–water partition coefficient (Wildman–Crippen LogP) is 1.22. The Morgan fingerprint density at radius 1 is 1.45 bits per heavy atom. The smallest absolute Gasteiger partial charge is 0.270 e. The molecule has 0 radical (unpaired) electrons. The number of hydrogen-bond acceptors (Lipinski definition) is 7. The number of carbonyl (C=O) groups is 1. The van der Waals surface area contributed by atoms with Crippen molar-refractivity contribution in [2.45, 2.75) is 17.8 Å².